The van der Waals surface area contributed by atoms with Gasteiger partial charge in [-0.1, -0.05) is 93.9 Å². The standard InChI is InChI=1S/C38H48O7Si/c1-36(2,3)46(25-13-9-7-10-14-25,26-15-11-8-12-16-26)45-31-18-19-32(40)38(35(41)43-6)28-21-22-37(4)27(17-20-33(37)44-24-42-5)34(28)30(39)23-29(31)38/h7-16,28-29,31,33H,17-24H2,1-6H3/t28-,29+,31-,33-,37-,38-/m0/s1. The number of rotatable bonds is 8. The molecule has 0 saturated heterocycles. The number of allylic oxidation sites excluding steroid dienone is 1. The third-order valence-corrected chi connectivity index (χ3v) is 16.8. The van der Waals surface area contributed by atoms with Crippen LogP contribution >= 0.6 is 0 Å². The van der Waals surface area contributed by atoms with E-state index < -0.39 is 37.6 Å². The molecule has 0 N–H and O–H groups in total. The number of carbonyl (C=O) groups is 3. The third-order valence-electron chi connectivity index (χ3n) is 11.7. The number of fused-ring (bicyclic) bond motifs is 4. The van der Waals surface area contributed by atoms with Gasteiger partial charge >= 0.3 is 5.97 Å². The van der Waals surface area contributed by atoms with Gasteiger partial charge in [0.2, 0.25) is 0 Å². The normalized spacial score (nSPS) is 31.3. The fourth-order valence-corrected chi connectivity index (χ4v) is 14.5. The van der Waals surface area contributed by atoms with Crippen LogP contribution in [-0.2, 0) is 33.0 Å². The first-order valence-electron chi connectivity index (χ1n) is 16.7. The van der Waals surface area contributed by atoms with E-state index in [2.05, 4.69) is 52.0 Å². The van der Waals surface area contributed by atoms with Crippen molar-refractivity contribution in [3.05, 3.63) is 71.8 Å². The summed E-state index contributed by atoms with van der Waals surface area (Å²) in [5.41, 5.74) is -0.0727. The zero-order chi connectivity index (χ0) is 32.9. The van der Waals surface area contributed by atoms with Crippen LogP contribution in [-0.4, -0.2) is 59.1 Å². The van der Waals surface area contributed by atoms with E-state index in [0.29, 0.717) is 24.8 Å². The molecule has 6 atom stereocenters. The Balaban J connectivity index is 1.50. The van der Waals surface area contributed by atoms with Gasteiger partial charge in [-0.25, -0.2) is 0 Å². The first-order chi connectivity index (χ1) is 22.0. The lowest BCUT2D eigenvalue weighted by atomic mass is 9.47. The lowest BCUT2D eigenvalue weighted by Crippen LogP contribution is -2.70. The highest BCUT2D eigenvalue weighted by Gasteiger charge is 2.69. The molecule has 0 radical (unpaired) electrons. The van der Waals surface area contributed by atoms with Crippen LogP contribution in [0, 0.1) is 22.7 Å². The Morgan fingerprint density at radius 1 is 0.913 bits per heavy atom. The molecule has 0 amide bonds. The molecule has 6 rings (SSSR count). The first kappa shape index (κ1) is 33.0. The molecule has 3 saturated carbocycles. The number of hydrogen-bond acceptors (Lipinski definition) is 7. The molecule has 46 heavy (non-hydrogen) atoms. The SMILES string of the molecule is COCO[C@H]1CCC2=C3C(=O)C[C@@H]4[C@@H](O[Si](c5ccccc5)(c5ccccc5)C(C)(C)C)CCC(=O)[C@]4(C(=O)OC)[C@H]3CC[C@@]21C. The molecule has 0 spiro atoms. The summed E-state index contributed by atoms with van der Waals surface area (Å²) in [7, 11) is -0.0700. The van der Waals surface area contributed by atoms with Crippen molar-refractivity contribution in [3.8, 4) is 0 Å². The quantitative estimate of drug-likeness (QED) is 0.161. The maximum absolute atomic E-state index is 14.5. The molecule has 246 valence electrons. The van der Waals surface area contributed by atoms with Crippen LogP contribution in [0.1, 0.15) is 72.6 Å². The van der Waals surface area contributed by atoms with Crippen LogP contribution < -0.4 is 10.4 Å². The first-order valence-corrected chi connectivity index (χ1v) is 18.7. The van der Waals surface area contributed by atoms with Crippen molar-refractivity contribution in [1.29, 1.82) is 0 Å². The predicted molar refractivity (Wildman–Crippen MR) is 178 cm³/mol. The average Bonchev–Trinajstić information content (AvgIpc) is 3.39. The zero-order valence-corrected chi connectivity index (χ0v) is 29.1. The van der Waals surface area contributed by atoms with Crippen molar-refractivity contribution in [2.45, 2.75) is 89.9 Å². The van der Waals surface area contributed by atoms with Gasteiger partial charge in [-0.3, -0.25) is 14.4 Å². The summed E-state index contributed by atoms with van der Waals surface area (Å²) in [6, 6.07) is 20.8. The Morgan fingerprint density at radius 3 is 2.11 bits per heavy atom. The molecule has 0 bridgehead atoms. The van der Waals surface area contributed by atoms with Gasteiger partial charge in [-0.15, -0.1) is 0 Å². The fourth-order valence-electron chi connectivity index (χ4n) is 9.73. The number of hydrogen-bond donors (Lipinski definition) is 0. The molecule has 4 aliphatic rings. The lowest BCUT2D eigenvalue weighted by molar-refractivity contribution is -0.179. The van der Waals surface area contributed by atoms with E-state index in [-0.39, 0.29) is 47.8 Å². The summed E-state index contributed by atoms with van der Waals surface area (Å²) < 4.78 is 24.5. The van der Waals surface area contributed by atoms with Gasteiger partial charge in [0.05, 0.1) is 19.3 Å². The molecule has 0 aliphatic heterocycles. The number of benzene rings is 2. The zero-order valence-electron chi connectivity index (χ0n) is 28.1. The molecule has 2 aromatic carbocycles. The van der Waals surface area contributed by atoms with Crippen LogP contribution in [0.15, 0.2) is 71.8 Å². The molecular formula is C38H48O7Si. The van der Waals surface area contributed by atoms with Crippen molar-refractivity contribution < 1.29 is 33.0 Å². The van der Waals surface area contributed by atoms with Crippen LogP contribution in [0.4, 0.5) is 0 Å². The van der Waals surface area contributed by atoms with Crippen LogP contribution in [0.2, 0.25) is 5.04 Å². The van der Waals surface area contributed by atoms with Gasteiger partial charge in [0, 0.05) is 37.2 Å². The molecule has 2 aromatic rings. The van der Waals surface area contributed by atoms with Crippen molar-refractivity contribution in [1.82, 2.24) is 0 Å². The van der Waals surface area contributed by atoms with Crippen LogP contribution in [0.25, 0.3) is 0 Å². The molecule has 3 fully saturated rings. The number of Topliss-reactive ketones (excluding diaryl/α,β-unsaturated/α-hetero) is 2. The molecule has 0 heterocycles. The van der Waals surface area contributed by atoms with E-state index in [4.69, 9.17) is 18.6 Å². The van der Waals surface area contributed by atoms with Crippen molar-refractivity contribution >= 4 is 36.2 Å². The highest BCUT2D eigenvalue weighted by atomic mass is 28.4. The summed E-state index contributed by atoms with van der Waals surface area (Å²) in [5.74, 6) is -1.75. The minimum absolute atomic E-state index is 0.0357. The van der Waals surface area contributed by atoms with E-state index in [9.17, 15) is 14.4 Å². The van der Waals surface area contributed by atoms with Gasteiger partial charge in [-0.05, 0) is 53.1 Å². The van der Waals surface area contributed by atoms with Gasteiger partial charge in [0.1, 0.15) is 12.2 Å². The predicted octanol–water partition coefficient (Wildman–Crippen LogP) is 5.54. The molecule has 0 aromatic heterocycles. The van der Waals surface area contributed by atoms with Crippen molar-refractivity contribution in [2.24, 2.45) is 22.7 Å². The maximum atomic E-state index is 14.5. The highest BCUT2D eigenvalue weighted by molar-refractivity contribution is 6.99. The van der Waals surface area contributed by atoms with Gasteiger partial charge in [-0.2, -0.15) is 0 Å². The Labute approximate surface area is 274 Å². The average molecular weight is 645 g/mol. The minimum Gasteiger partial charge on any atom is -0.468 e. The molecule has 0 unspecified atom stereocenters. The Morgan fingerprint density at radius 2 is 1.54 bits per heavy atom. The Bertz CT molecular complexity index is 1460. The molecule has 8 heteroatoms. The second-order valence-electron chi connectivity index (χ2n) is 14.9. The van der Waals surface area contributed by atoms with Crippen molar-refractivity contribution in [3.63, 3.8) is 0 Å². The number of carbonyl (C=O) groups excluding carboxylic acids is 3. The molecule has 7 nitrogen and oxygen atoms in total. The van der Waals surface area contributed by atoms with E-state index >= 15 is 0 Å². The summed E-state index contributed by atoms with van der Waals surface area (Å²) in [5, 5.41) is 1.95. The monoisotopic (exact) mass is 644 g/mol. The fraction of sp³-hybridized carbons (Fsp3) is 0.553. The Hall–Kier alpha value is -2.91. The van der Waals surface area contributed by atoms with Gasteiger partial charge in [0.15, 0.2) is 11.6 Å². The van der Waals surface area contributed by atoms with Crippen LogP contribution in [0.3, 0.4) is 0 Å². The summed E-state index contributed by atoms with van der Waals surface area (Å²) in [6.07, 6.45) is 2.94. The lowest BCUT2D eigenvalue weighted by Gasteiger charge is -2.56. The second-order valence-corrected chi connectivity index (χ2v) is 19.1. The highest BCUT2D eigenvalue weighted by Crippen LogP contribution is 2.63. The largest absolute Gasteiger partial charge is 0.468 e. The van der Waals surface area contributed by atoms with Gasteiger partial charge in [0.25, 0.3) is 8.32 Å². The Kier molecular flexibility index (Phi) is 8.81. The number of esters is 1. The molecule has 4 aliphatic carbocycles. The van der Waals surface area contributed by atoms with E-state index in [0.717, 1.165) is 28.8 Å². The summed E-state index contributed by atoms with van der Waals surface area (Å²) in [6.45, 7) is 9.02. The van der Waals surface area contributed by atoms with Crippen molar-refractivity contribution in [2.75, 3.05) is 21.0 Å². The van der Waals surface area contributed by atoms with E-state index in [1.54, 1.807) is 7.11 Å². The van der Waals surface area contributed by atoms with E-state index in [1.165, 1.54) is 7.11 Å². The second kappa shape index (κ2) is 12.3. The third kappa shape index (κ3) is 4.82. The number of ketones is 2. The maximum Gasteiger partial charge on any atom is 0.320 e. The van der Waals surface area contributed by atoms with Gasteiger partial charge < -0.3 is 18.6 Å². The number of methoxy groups -OCH3 is 2. The smallest absolute Gasteiger partial charge is 0.320 e. The van der Waals surface area contributed by atoms with E-state index in [1.807, 2.05) is 36.4 Å². The number of ether oxygens (including phenoxy) is 3. The van der Waals surface area contributed by atoms with Crippen LogP contribution in [0.5, 0.6) is 0 Å². The molecular weight excluding hydrogens is 596 g/mol. The topological polar surface area (TPSA) is 88.1 Å². The summed E-state index contributed by atoms with van der Waals surface area (Å²) in [4.78, 5) is 43.1. The summed E-state index contributed by atoms with van der Waals surface area (Å²) >= 11 is 0. The minimum atomic E-state index is -3.05.